The van der Waals surface area contributed by atoms with Gasteiger partial charge in [-0.05, 0) is 32.8 Å². The van der Waals surface area contributed by atoms with Gasteiger partial charge in [-0.2, -0.15) is 10.2 Å². The molecule has 0 spiro atoms. The van der Waals surface area contributed by atoms with E-state index in [0.29, 0.717) is 6.54 Å². The Morgan fingerprint density at radius 3 is 2.88 bits per heavy atom. The van der Waals surface area contributed by atoms with Crippen LogP contribution >= 0.6 is 0 Å². The average molecular weight is 330 g/mol. The molecule has 7 nitrogen and oxygen atoms in total. The number of amides is 2. The van der Waals surface area contributed by atoms with Gasteiger partial charge in [-0.1, -0.05) is 12.8 Å². The Morgan fingerprint density at radius 2 is 2.21 bits per heavy atom. The molecule has 0 bridgehead atoms. The quantitative estimate of drug-likeness (QED) is 0.908. The topological polar surface area (TPSA) is 78.8 Å². The van der Waals surface area contributed by atoms with Crippen LogP contribution in [0.5, 0.6) is 0 Å². The molecule has 2 amide bonds. The van der Waals surface area contributed by atoms with Crippen LogP contribution in [0.3, 0.4) is 0 Å². The van der Waals surface area contributed by atoms with E-state index in [1.54, 1.807) is 10.9 Å². The summed E-state index contributed by atoms with van der Waals surface area (Å²) >= 11 is 0. The molecule has 1 saturated heterocycles. The van der Waals surface area contributed by atoms with Gasteiger partial charge < -0.3 is 10.2 Å². The lowest BCUT2D eigenvalue weighted by molar-refractivity contribution is 0.174. The maximum absolute atomic E-state index is 12.8. The van der Waals surface area contributed by atoms with E-state index in [1.807, 2.05) is 31.9 Å². The highest BCUT2D eigenvalue weighted by Gasteiger charge is 2.30. The third-order valence-electron chi connectivity index (χ3n) is 4.88. The Bertz CT molecular complexity index is 684. The largest absolute Gasteiger partial charge is 0.332 e. The highest BCUT2D eigenvalue weighted by molar-refractivity contribution is 5.75. The molecule has 0 saturated carbocycles. The smallest absolute Gasteiger partial charge is 0.318 e. The number of hydrogen-bond acceptors (Lipinski definition) is 3. The van der Waals surface area contributed by atoms with Crippen molar-refractivity contribution in [2.75, 3.05) is 6.54 Å². The summed E-state index contributed by atoms with van der Waals surface area (Å²) < 4.78 is 1.78. The Morgan fingerprint density at radius 1 is 1.38 bits per heavy atom. The number of rotatable bonds is 3. The number of aromatic nitrogens is 4. The monoisotopic (exact) mass is 330 g/mol. The van der Waals surface area contributed by atoms with Crippen LogP contribution in [0.2, 0.25) is 0 Å². The van der Waals surface area contributed by atoms with Crippen molar-refractivity contribution in [3.8, 4) is 0 Å². The van der Waals surface area contributed by atoms with Crippen LogP contribution in [-0.2, 0) is 13.6 Å². The minimum atomic E-state index is -0.0110. The van der Waals surface area contributed by atoms with Crippen molar-refractivity contribution in [2.24, 2.45) is 7.05 Å². The van der Waals surface area contributed by atoms with Crippen molar-refractivity contribution < 1.29 is 4.79 Å². The van der Waals surface area contributed by atoms with Crippen molar-refractivity contribution in [1.82, 2.24) is 30.2 Å². The van der Waals surface area contributed by atoms with E-state index in [4.69, 9.17) is 0 Å². The minimum Gasteiger partial charge on any atom is -0.332 e. The molecule has 0 radical (unpaired) electrons. The summed E-state index contributed by atoms with van der Waals surface area (Å²) in [6.07, 6.45) is 6.08. The van der Waals surface area contributed by atoms with Gasteiger partial charge in [0.05, 0.1) is 24.0 Å². The number of aromatic amines is 1. The van der Waals surface area contributed by atoms with Crippen LogP contribution in [0.4, 0.5) is 4.79 Å². The lowest BCUT2D eigenvalue weighted by Crippen LogP contribution is -2.42. The lowest BCUT2D eigenvalue weighted by Gasteiger charge is -2.30. The SMILES string of the molecule is Cc1n[nH]c(C)c1[C@H]1CCCCCN1C(=O)NCc1ccnn1C. The molecule has 0 unspecified atom stereocenters. The van der Waals surface area contributed by atoms with E-state index in [1.165, 1.54) is 5.56 Å². The zero-order valence-corrected chi connectivity index (χ0v) is 14.7. The molecule has 2 aromatic rings. The van der Waals surface area contributed by atoms with Crippen LogP contribution in [0.25, 0.3) is 0 Å². The zero-order valence-electron chi connectivity index (χ0n) is 14.7. The van der Waals surface area contributed by atoms with Gasteiger partial charge in [0.25, 0.3) is 0 Å². The normalized spacial score (nSPS) is 18.5. The molecule has 3 heterocycles. The number of H-pyrrole nitrogens is 1. The third-order valence-corrected chi connectivity index (χ3v) is 4.88. The van der Waals surface area contributed by atoms with Crippen LogP contribution in [0, 0.1) is 13.8 Å². The first-order valence-corrected chi connectivity index (χ1v) is 8.60. The average Bonchev–Trinajstić information content (AvgIpc) is 3.02. The third kappa shape index (κ3) is 3.29. The Kier molecular flexibility index (Phi) is 4.87. The predicted molar refractivity (Wildman–Crippen MR) is 91.4 cm³/mol. The van der Waals surface area contributed by atoms with Crippen LogP contribution < -0.4 is 5.32 Å². The summed E-state index contributed by atoms with van der Waals surface area (Å²) in [5.74, 6) is 0. The first kappa shape index (κ1) is 16.5. The number of urea groups is 1. The van der Waals surface area contributed by atoms with Crippen LogP contribution in [-0.4, -0.2) is 37.5 Å². The van der Waals surface area contributed by atoms with Crippen molar-refractivity contribution in [2.45, 2.75) is 52.1 Å². The maximum atomic E-state index is 12.8. The Labute approximate surface area is 142 Å². The van der Waals surface area contributed by atoms with Crippen molar-refractivity contribution in [1.29, 1.82) is 0 Å². The summed E-state index contributed by atoms with van der Waals surface area (Å²) in [5, 5.41) is 14.6. The van der Waals surface area contributed by atoms with Gasteiger partial charge in [-0.3, -0.25) is 9.78 Å². The summed E-state index contributed by atoms with van der Waals surface area (Å²) in [6.45, 7) is 5.31. The highest BCUT2D eigenvalue weighted by atomic mass is 16.2. The fourth-order valence-corrected chi connectivity index (χ4v) is 3.54. The minimum absolute atomic E-state index is 0.0110. The number of carbonyl (C=O) groups is 1. The van der Waals surface area contributed by atoms with Crippen molar-refractivity contribution in [3.63, 3.8) is 0 Å². The Hall–Kier alpha value is -2.31. The molecule has 1 aliphatic rings. The number of nitrogens with one attached hydrogen (secondary N) is 2. The molecule has 0 aromatic carbocycles. The van der Waals surface area contributed by atoms with Gasteiger partial charge in [-0.25, -0.2) is 4.79 Å². The second-order valence-corrected chi connectivity index (χ2v) is 6.51. The van der Waals surface area contributed by atoms with Gasteiger partial charge in [-0.15, -0.1) is 0 Å². The standard InChI is InChI=1S/C17H26N6O/c1-12-16(13(2)21-20-12)15-7-5-4-6-10-23(15)17(24)18-11-14-8-9-19-22(14)3/h8-9,15H,4-7,10-11H2,1-3H3,(H,18,24)(H,20,21)/t15-/m1/s1. The number of carbonyl (C=O) groups excluding carboxylic acids is 1. The van der Waals surface area contributed by atoms with E-state index < -0.39 is 0 Å². The number of hydrogen-bond donors (Lipinski definition) is 2. The molecule has 7 heteroatoms. The molecule has 1 aliphatic heterocycles. The zero-order chi connectivity index (χ0) is 17.1. The molecular weight excluding hydrogens is 304 g/mol. The van der Waals surface area contributed by atoms with Gasteiger partial charge in [0.15, 0.2) is 0 Å². The predicted octanol–water partition coefficient (Wildman–Crippen LogP) is 2.59. The van der Waals surface area contributed by atoms with E-state index in [2.05, 4.69) is 20.6 Å². The molecule has 130 valence electrons. The molecule has 2 aromatic heterocycles. The maximum Gasteiger partial charge on any atom is 0.318 e. The highest BCUT2D eigenvalue weighted by Crippen LogP contribution is 2.33. The second kappa shape index (κ2) is 7.07. The Balaban J connectivity index is 1.77. The van der Waals surface area contributed by atoms with E-state index in [-0.39, 0.29) is 12.1 Å². The molecule has 2 N–H and O–H groups in total. The molecule has 24 heavy (non-hydrogen) atoms. The molecule has 0 aliphatic carbocycles. The number of likely N-dealkylation sites (tertiary alicyclic amines) is 1. The molecule has 1 fully saturated rings. The lowest BCUT2D eigenvalue weighted by atomic mass is 9.99. The molecule has 1 atom stereocenters. The fraction of sp³-hybridized carbons (Fsp3) is 0.588. The first-order valence-electron chi connectivity index (χ1n) is 8.60. The fourth-order valence-electron chi connectivity index (χ4n) is 3.54. The van der Waals surface area contributed by atoms with Gasteiger partial charge in [0, 0.05) is 31.0 Å². The van der Waals surface area contributed by atoms with Crippen molar-refractivity contribution >= 4 is 6.03 Å². The number of aryl methyl sites for hydroxylation is 3. The summed E-state index contributed by atoms with van der Waals surface area (Å²) in [5.41, 5.74) is 4.21. The van der Waals surface area contributed by atoms with Gasteiger partial charge >= 0.3 is 6.03 Å². The van der Waals surface area contributed by atoms with Crippen LogP contribution in [0.15, 0.2) is 12.3 Å². The number of nitrogens with zero attached hydrogens (tertiary/aromatic N) is 4. The van der Waals surface area contributed by atoms with Gasteiger partial charge in [0.2, 0.25) is 0 Å². The second-order valence-electron chi connectivity index (χ2n) is 6.51. The molecular formula is C17H26N6O. The van der Waals surface area contributed by atoms with Crippen LogP contribution in [0.1, 0.15) is 54.4 Å². The summed E-state index contributed by atoms with van der Waals surface area (Å²) in [4.78, 5) is 14.8. The van der Waals surface area contributed by atoms with E-state index in [9.17, 15) is 4.79 Å². The summed E-state index contributed by atoms with van der Waals surface area (Å²) in [7, 11) is 1.88. The summed E-state index contributed by atoms with van der Waals surface area (Å²) in [6, 6.07) is 2.01. The first-order chi connectivity index (χ1) is 11.6. The van der Waals surface area contributed by atoms with E-state index in [0.717, 1.165) is 49.3 Å². The van der Waals surface area contributed by atoms with Crippen molar-refractivity contribution in [3.05, 3.63) is 34.9 Å². The molecule has 3 rings (SSSR count). The van der Waals surface area contributed by atoms with E-state index >= 15 is 0 Å². The van der Waals surface area contributed by atoms with Gasteiger partial charge in [0.1, 0.15) is 0 Å².